The van der Waals surface area contributed by atoms with E-state index >= 15 is 0 Å². The third-order valence-corrected chi connectivity index (χ3v) is 3.95. The van der Waals surface area contributed by atoms with E-state index in [9.17, 15) is 4.79 Å². The Balaban J connectivity index is 1.90. The molecule has 0 bridgehead atoms. The van der Waals surface area contributed by atoms with E-state index in [0.29, 0.717) is 10.6 Å². The zero-order valence-electron chi connectivity index (χ0n) is 10.9. The topological polar surface area (TPSA) is 57.8 Å². The molecule has 5 heteroatoms. The largest absolute Gasteiger partial charge is 0.318 e. The minimum Gasteiger partial charge on any atom is -0.318 e. The molecule has 0 unspecified atom stereocenters. The van der Waals surface area contributed by atoms with E-state index in [4.69, 9.17) is 0 Å². The number of aryl methyl sites for hydroxylation is 1. The lowest BCUT2D eigenvalue weighted by atomic mass is 10.1. The Hall–Kier alpha value is -2.40. The zero-order valence-corrected chi connectivity index (χ0v) is 11.7. The molecule has 20 heavy (non-hydrogen) atoms. The minimum atomic E-state index is -0.108. The number of nitrogens with one attached hydrogen (secondary N) is 2. The van der Waals surface area contributed by atoms with Gasteiger partial charge in [-0.3, -0.25) is 9.89 Å². The van der Waals surface area contributed by atoms with Crippen molar-refractivity contribution in [2.24, 2.45) is 0 Å². The predicted octanol–water partition coefficient (Wildman–Crippen LogP) is 3.70. The SMILES string of the molecule is Cc1[nH]ncc1NC(=O)c1sccc1-c1ccccc1. The Labute approximate surface area is 120 Å². The van der Waals surface area contributed by atoms with E-state index in [1.165, 1.54) is 11.3 Å². The maximum atomic E-state index is 12.4. The molecule has 0 aliphatic heterocycles. The van der Waals surface area contributed by atoms with E-state index in [0.717, 1.165) is 16.8 Å². The van der Waals surface area contributed by atoms with Crippen LogP contribution in [0.5, 0.6) is 0 Å². The first kappa shape index (κ1) is 12.6. The molecule has 2 aromatic heterocycles. The fraction of sp³-hybridized carbons (Fsp3) is 0.0667. The van der Waals surface area contributed by atoms with E-state index < -0.39 is 0 Å². The van der Waals surface area contributed by atoms with Crippen LogP contribution in [0.3, 0.4) is 0 Å². The number of hydrogen-bond acceptors (Lipinski definition) is 3. The highest BCUT2D eigenvalue weighted by molar-refractivity contribution is 7.12. The normalized spacial score (nSPS) is 10.4. The summed E-state index contributed by atoms with van der Waals surface area (Å²) in [6, 6.07) is 11.9. The molecule has 0 fully saturated rings. The van der Waals surface area contributed by atoms with E-state index in [1.54, 1.807) is 6.20 Å². The molecule has 0 aliphatic carbocycles. The molecular weight excluding hydrogens is 270 g/mol. The second-order valence-corrected chi connectivity index (χ2v) is 5.31. The number of nitrogens with zero attached hydrogens (tertiary/aromatic N) is 1. The Morgan fingerprint density at radius 2 is 2.05 bits per heavy atom. The molecule has 3 rings (SSSR count). The average Bonchev–Trinajstić information content (AvgIpc) is 3.09. The lowest BCUT2D eigenvalue weighted by Crippen LogP contribution is -2.11. The fourth-order valence-corrected chi connectivity index (χ4v) is 2.80. The summed E-state index contributed by atoms with van der Waals surface area (Å²) in [5.41, 5.74) is 3.55. The predicted molar refractivity (Wildman–Crippen MR) is 81.0 cm³/mol. The standard InChI is InChI=1S/C15H13N3OS/c1-10-13(9-16-18-10)17-15(19)14-12(7-8-20-14)11-5-3-2-4-6-11/h2-9H,1H3,(H,16,18)(H,17,19). The van der Waals surface area contributed by atoms with Crippen LogP contribution in [0, 0.1) is 6.92 Å². The Morgan fingerprint density at radius 3 is 2.75 bits per heavy atom. The Bertz CT molecular complexity index is 730. The number of rotatable bonds is 3. The van der Waals surface area contributed by atoms with Gasteiger partial charge in [0.15, 0.2) is 0 Å². The van der Waals surface area contributed by atoms with Crippen molar-refractivity contribution in [3.63, 3.8) is 0 Å². The van der Waals surface area contributed by atoms with Crippen molar-refractivity contribution in [2.75, 3.05) is 5.32 Å². The van der Waals surface area contributed by atoms with Crippen LogP contribution in [-0.2, 0) is 0 Å². The van der Waals surface area contributed by atoms with Crippen molar-refractivity contribution in [3.8, 4) is 11.1 Å². The van der Waals surface area contributed by atoms with Gasteiger partial charge in [0.2, 0.25) is 0 Å². The molecule has 1 aromatic carbocycles. The number of carbonyl (C=O) groups is 1. The van der Waals surface area contributed by atoms with Crippen molar-refractivity contribution in [2.45, 2.75) is 6.92 Å². The van der Waals surface area contributed by atoms with Crippen molar-refractivity contribution in [1.82, 2.24) is 10.2 Å². The third-order valence-electron chi connectivity index (χ3n) is 3.03. The van der Waals surface area contributed by atoms with E-state index in [2.05, 4.69) is 15.5 Å². The minimum absolute atomic E-state index is 0.108. The summed E-state index contributed by atoms with van der Waals surface area (Å²) >= 11 is 1.44. The van der Waals surface area contributed by atoms with Gasteiger partial charge in [0.25, 0.3) is 5.91 Å². The molecule has 4 nitrogen and oxygen atoms in total. The molecule has 0 saturated heterocycles. The van der Waals surface area contributed by atoms with Gasteiger partial charge >= 0.3 is 0 Å². The summed E-state index contributed by atoms with van der Waals surface area (Å²) in [5, 5.41) is 11.5. The quantitative estimate of drug-likeness (QED) is 0.770. The first-order chi connectivity index (χ1) is 9.75. The number of aromatic amines is 1. The number of carbonyl (C=O) groups excluding carboxylic acids is 1. The lowest BCUT2D eigenvalue weighted by molar-refractivity contribution is 0.103. The summed E-state index contributed by atoms with van der Waals surface area (Å²) in [5.74, 6) is -0.108. The molecule has 0 atom stereocenters. The van der Waals surface area contributed by atoms with Gasteiger partial charge in [-0.2, -0.15) is 5.10 Å². The molecule has 0 saturated carbocycles. The van der Waals surface area contributed by atoms with Gasteiger partial charge in [-0.15, -0.1) is 11.3 Å². The molecule has 100 valence electrons. The van der Waals surface area contributed by atoms with E-state index in [1.807, 2.05) is 48.7 Å². The van der Waals surface area contributed by atoms with Gasteiger partial charge < -0.3 is 5.32 Å². The van der Waals surface area contributed by atoms with Crippen LogP contribution in [0.2, 0.25) is 0 Å². The average molecular weight is 283 g/mol. The van der Waals surface area contributed by atoms with Crippen molar-refractivity contribution in [3.05, 3.63) is 58.5 Å². The molecule has 2 heterocycles. The second kappa shape index (κ2) is 5.30. The van der Waals surface area contributed by atoms with Crippen LogP contribution in [0.25, 0.3) is 11.1 Å². The van der Waals surface area contributed by atoms with Crippen LogP contribution < -0.4 is 5.32 Å². The molecule has 0 radical (unpaired) electrons. The highest BCUT2D eigenvalue weighted by Gasteiger charge is 2.15. The Morgan fingerprint density at radius 1 is 1.25 bits per heavy atom. The van der Waals surface area contributed by atoms with Gasteiger partial charge in [0.1, 0.15) is 0 Å². The van der Waals surface area contributed by atoms with Crippen LogP contribution in [-0.4, -0.2) is 16.1 Å². The molecule has 0 spiro atoms. The first-order valence-electron chi connectivity index (χ1n) is 6.20. The van der Waals surface area contributed by atoms with Gasteiger partial charge in [-0.25, -0.2) is 0 Å². The third kappa shape index (κ3) is 2.35. The Kier molecular flexibility index (Phi) is 3.35. The molecule has 1 amide bonds. The van der Waals surface area contributed by atoms with Gasteiger partial charge in [0.05, 0.1) is 22.5 Å². The van der Waals surface area contributed by atoms with Crippen molar-refractivity contribution in [1.29, 1.82) is 0 Å². The number of benzene rings is 1. The number of H-pyrrole nitrogens is 1. The monoisotopic (exact) mass is 283 g/mol. The number of amides is 1. The highest BCUT2D eigenvalue weighted by Crippen LogP contribution is 2.29. The van der Waals surface area contributed by atoms with Gasteiger partial charge in [-0.05, 0) is 23.9 Å². The maximum Gasteiger partial charge on any atom is 0.266 e. The summed E-state index contributed by atoms with van der Waals surface area (Å²) in [7, 11) is 0. The van der Waals surface area contributed by atoms with Gasteiger partial charge in [0, 0.05) is 5.56 Å². The van der Waals surface area contributed by atoms with Gasteiger partial charge in [-0.1, -0.05) is 30.3 Å². The molecular formula is C15H13N3OS. The smallest absolute Gasteiger partial charge is 0.266 e. The molecule has 2 N–H and O–H groups in total. The van der Waals surface area contributed by atoms with Crippen LogP contribution >= 0.6 is 11.3 Å². The summed E-state index contributed by atoms with van der Waals surface area (Å²) in [6.45, 7) is 1.87. The molecule has 0 aliphatic rings. The number of anilines is 1. The zero-order chi connectivity index (χ0) is 13.9. The fourth-order valence-electron chi connectivity index (χ4n) is 1.99. The summed E-state index contributed by atoms with van der Waals surface area (Å²) < 4.78 is 0. The van der Waals surface area contributed by atoms with E-state index in [-0.39, 0.29) is 5.91 Å². The van der Waals surface area contributed by atoms with Crippen LogP contribution in [0.4, 0.5) is 5.69 Å². The van der Waals surface area contributed by atoms with Crippen molar-refractivity contribution < 1.29 is 4.79 Å². The maximum absolute atomic E-state index is 12.4. The number of aromatic nitrogens is 2. The second-order valence-electron chi connectivity index (χ2n) is 4.39. The number of thiophene rings is 1. The van der Waals surface area contributed by atoms with Crippen LogP contribution in [0.1, 0.15) is 15.4 Å². The number of hydrogen-bond donors (Lipinski definition) is 2. The van der Waals surface area contributed by atoms with Crippen LogP contribution in [0.15, 0.2) is 48.0 Å². The first-order valence-corrected chi connectivity index (χ1v) is 7.08. The summed E-state index contributed by atoms with van der Waals surface area (Å²) in [4.78, 5) is 13.1. The lowest BCUT2D eigenvalue weighted by Gasteiger charge is -2.05. The molecule has 3 aromatic rings. The highest BCUT2D eigenvalue weighted by atomic mass is 32.1. The summed E-state index contributed by atoms with van der Waals surface area (Å²) in [6.07, 6.45) is 1.61. The van der Waals surface area contributed by atoms with Crippen molar-refractivity contribution >= 4 is 22.9 Å².